The number of hydrogen-bond donors (Lipinski definition) is 0. The molecular formula is C37H47Cl3SiTi. The van der Waals surface area contributed by atoms with Gasteiger partial charge < -0.3 is 37.2 Å². The van der Waals surface area contributed by atoms with Gasteiger partial charge in [-0.1, -0.05) is 0 Å². The molecule has 3 aromatic rings. The number of unbranched alkanes of at least 4 members (excludes halogenated alkanes) is 3. The molecule has 0 fully saturated rings. The quantitative estimate of drug-likeness (QED) is 0.157. The Kier molecular flexibility index (Phi) is 18.0. The molecule has 0 spiro atoms. The zero-order valence-corrected chi connectivity index (χ0v) is 30.7. The van der Waals surface area contributed by atoms with E-state index < -0.39 is 8.07 Å². The second-order valence-corrected chi connectivity index (χ2v) is 15.9. The number of allylic oxidation sites excluding steroid dienone is 4. The predicted molar refractivity (Wildman–Crippen MR) is 170 cm³/mol. The normalized spacial score (nSPS) is 12.8. The van der Waals surface area contributed by atoms with E-state index in [1.165, 1.54) is 90.0 Å². The van der Waals surface area contributed by atoms with Crippen LogP contribution >= 0.6 is 0 Å². The molecule has 42 heavy (non-hydrogen) atoms. The standard InChI is InChI=1S/C37H47Si.3ClH.Ti/c1-5-9-12-31-16-22-34(23-17-31)38(37-28-15-30(8-4)29-37,35-24-18-32(19-25-35)13-10-6-2)36-26-20-33(21-27-36)14-11-7-3;;;;/h15-27H,5-14,28H2,1-4H3;3*1H;/q;;;;+3/p-3. The Morgan fingerprint density at radius 1 is 0.548 bits per heavy atom. The summed E-state index contributed by atoms with van der Waals surface area (Å²) in [4.78, 5) is 0. The van der Waals surface area contributed by atoms with Crippen molar-refractivity contribution >= 4 is 23.6 Å². The van der Waals surface area contributed by atoms with Crippen molar-refractivity contribution in [3.8, 4) is 0 Å². The van der Waals surface area contributed by atoms with Crippen molar-refractivity contribution in [1.82, 2.24) is 0 Å². The van der Waals surface area contributed by atoms with Gasteiger partial charge in [0.2, 0.25) is 0 Å². The summed E-state index contributed by atoms with van der Waals surface area (Å²) in [5.74, 6) is 0. The largest absolute Gasteiger partial charge is 1.00 e. The van der Waals surface area contributed by atoms with Crippen molar-refractivity contribution in [2.45, 2.75) is 98.3 Å². The van der Waals surface area contributed by atoms with Gasteiger partial charge in [-0.3, -0.25) is 0 Å². The number of halogens is 3. The van der Waals surface area contributed by atoms with E-state index in [0.717, 1.165) is 12.8 Å². The topological polar surface area (TPSA) is 0 Å². The summed E-state index contributed by atoms with van der Waals surface area (Å²) < 4.78 is 1.55. The van der Waals surface area contributed by atoms with E-state index in [4.69, 9.17) is 0 Å². The fourth-order valence-corrected chi connectivity index (χ4v) is 12.7. The van der Waals surface area contributed by atoms with Gasteiger partial charge >= 0.3 is 253 Å². The smallest absolute Gasteiger partial charge is 1.00 e. The Labute approximate surface area is 287 Å². The Hall–Kier alpha value is -1.06. The van der Waals surface area contributed by atoms with Gasteiger partial charge in [0.1, 0.15) is 0 Å². The van der Waals surface area contributed by atoms with E-state index in [9.17, 15) is 0 Å². The summed E-state index contributed by atoms with van der Waals surface area (Å²) in [5, 5.41) is 6.28. The SMILES string of the molecule is CCCCc1ccc([Si](C2=[C]([Ti+3])C(CC)=CC2)(c2ccc(CCCC)cc2)c2ccc(CCCC)cc2)cc1.[Cl-].[Cl-].[Cl-]. The number of rotatable bonds is 14. The second kappa shape index (κ2) is 19.4. The maximum Gasteiger partial charge on any atom is -1.00 e. The third-order valence-electron chi connectivity index (χ3n) is 8.63. The molecule has 3 aromatic carbocycles. The van der Waals surface area contributed by atoms with Crippen molar-refractivity contribution in [2.75, 3.05) is 0 Å². The Bertz CT molecular complexity index is 1140. The first-order valence-corrected chi connectivity index (χ1v) is 18.3. The van der Waals surface area contributed by atoms with Crippen molar-refractivity contribution < 1.29 is 57.7 Å². The molecule has 5 heteroatoms. The molecule has 224 valence electrons. The van der Waals surface area contributed by atoms with Gasteiger partial charge in [0.25, 0.3) is 0 Å². The maximum atomic E-state index is 2.52. The molecular weight excluding hydrogens is 627 g/mol. The molecule has 0 nitrogen and oxygen atoms in total. The molecule has 0 aliphatic heterocycles. The zero-order valence-electron chi connectivity index (χ0n) is 25.9. The van der Waals surface area contributed by atoms with Gasteiger partial charge in [-0.2, -0.15) is 0 Å². The first kappa shape index (κ1) is 39.0. The Balaban J connectivity index is 0.00000294. The molecule has 0 unspecified atom stereocenters. The summed E-state index contributed by atoms with van der Waals surface area (Å²) in [6, 6.07) is 29.6. The number of hydrogen-bond acceptors (Lipinski definition) is 0. The van der Waals surface area contributed by atoms with Crippen molar-refractivity contribution in [3.63, 3.8) is 0 Å². The molecule has 4 rings (SSSR count). The van der Waals surface area contributed by atoms with E-state index in [-0.39, 0.29) is 37.2 Å². The van der Waals surface area contributed by atoms with Crippen LogP contribution in [0, 0.1) is 0 Å². The third-order valence-corrected chi connectivity index (χ3v) is 14.9. The van der Waals surface area contributed by atoms with E-state index in [0.29, 0.717) is 0 Å². The maximum absolute atomic E-state index is 2.52. The van der Waals surface area contributed by atoms with Gasteiger partial charge in [0.15, 0.2) is 0 Å². The minimum Gasteiger partial charge on any atom is -1.00 e. The fourth-order valence-electron chi connectivity index (χ4n) is 6.21. The Morgan fingerprint density at radius 3 is 1.14 bits per heavy atom. The van der Waals surface area contributed by atoms with Gasteiger partial charge in [0, 0.05) is 0 Å². The molecule has 1 aliphatic rings. The summed E-state index contributed by atoms with van der Waals surface area (Å²) in [7, 11) is -2.45. The van der Waals surface area contributed by atoms with Crippen LogP contribution in [0.1, 0.15) is 95.8 Å². The summed E-state index contributed by atoms with van der Waals surface area (Å²) in [6.07, 6.45) is 15.7. The van der Waals surface area contributed by atoms with Crippen LogP contribution in [0.3, 0.4) is 0 Å². The van der Waals surface area contributed by atoms with Crippen molar-refractivity contribution in [1.29, 1.82) is 0 Å². The summed E-state index contributed by atoms with van der Waals surface area (Å²) >= 11 is 2.40. The van der Waals surface area contributed by atoms with Crippen LogP contribution in [0.5, 0.6) is 0 Å². The monoisotopic (exact) mass is 672 g/mol. The average molecular weight is 674 g/mol. The van der Waals surface area contributed by atoms with E-state index in [1.807, 2.05) is 0 Å². The molecule has 0 atom stereocenters. The minimum absolute atomic E-state index is 0. The number of benzene rings is 3. The summed E-state index contributed by atoms with van der Waals surface area (Å²) in [6.45, 7) is 9.17. The molecule has 0 radical (unpaired) electrons. The van der Waals surface area contributed by atoms with Crippen LogP contribution in [0.2, 0.25) is 0 Å². The van der Waals surface area contributed by atoms with Crippen LogP contribution in [0.25, 0.3) is 0 Å². The summed E-state index contributed by atoms with van der Waals surface area (Å²) in [5.41, 5.74) is 5.95. The van der Waals surface area contributed by atoms with Gasteiger partial charge in [-0.15, -0.1) is 0 Å². The van der Waals surface area contributed by atoms with Crippen LogP contribution in [-0.4, -0.2) is 8.07 Å². The Morgan fingerprint density at radius 2 is 0.881 bits per heavy atom. The molecule has 0 aromatic heterocycles. The number of aryl methyl sites for hydroxylation is 3. The van der Waals surface area contributed by atoms with Gasteiger partial charge in [0.05, 0.1) is 0 Å². The molecule has 0 saturated carbocycles. The fraction of sp³-hybridized carbons (Fsp3) is 0.405. The van der Waals surface area contributed by atoms with Crippen molar-refractivity contribution in [3.05, 3.63) is 110 Å². The molecule has 0 amide bonds. The van der Waals surface area contributed by atoms with Crippen LogP contribution in [0.4, 0.5) is 0 Å². The zero-order chi connectivity index (χ0) is 27.7. The predicted octanol–water partition coefficient (Wildman–Crippen LogP) is -0.723. The average Bonchev–Trinajstić information content (AvgIpc) is 3.36. The third kappa shape index (κ3) is 8.77. The van der Waals surface area contributed by atoms with Gasteiger partial charge in [-0.25, -0.2) is 0 Å². The molecule has 0 bridgehead atoms. The molecule has 0 heterocycles. The van der Waals surface area contributed by atoms with Crippen LogP contribution in [-0.2, 0) is 39.7 Å². The van der Waals surface area contributed by atoms with Crippen LogP contribution in [0.15, 0.2) is 93.5 Å². The molecule has 0 N–H and O–H groups in total. The van der Waals surface area contributed by atoms with E-state index in [2.05, 4.69) is 127 Å². The molecule has 1 aliphatic carbocycles. The minimum atomic E-state index is -2.45. The van der Waals surface area contributed by atoms with Crippen LogP contribution < -0.4 is 52.8 Å². The van der Waals surface area contributed by atoms with Crippen molar-refractivity contribution in [2.24, 2.45) is 0 Å². The molecule has 0 saturated heterocycles. The first-order valence-electron chi connectivity index (χ1n) is 15.5. The first-order chi connectivity index (χ1) is 19.1. The second-order valence-electron chi connectivity index (χ2n) is 11.3. The van der Waals surface area contributed by atoms with E-state index in [1.54, 1.807) is 14.6 Å². The van der Waals surface area contributed by atoms with E-state index >= 15 is 0 Å². The van der Waals surface area contributed by atoms with Gasteiger partial charge in [-0.05, 0) is 0 Å².